The summed E-state index contributed by atoms with van der Waals surface area (Å²) in [4.78, 5) is 10.5. The molecule has 1 aromatic rings. The van der Waals surface area contributed by atoms with Gasteiger partial charge in [0.1, 0.15) is 12.0 Å². The molecule has 0 amide bonds. The number of hydrogen-bond donors (Lipinski definition) is 2. The van der Waals surface area contributed by atoms with Gasteiger partial charge in [-0.2, -0.15) is 16.7 Å². The summed E-state index contributed by atoms with van der Waals surface area (Å²) < 4.78 is 5.05. The van der Waals surface area contributed by atoms with Crippen LogP contribution in [0.1, 0.15) is 0 Å². The highest BCUT2D eigenvalue weighted by Gasteiger charge is 2.11. The molecule has 0 spiro atoms. The topological polar surface area (TPSA) is 76.3 Å². The van der Waals surface area contributed by atoms with Crippen molar-refractivity contribution < 1.29 is 4.74 Å². The summed E-state index contributed by atoms with van der Waals surface area (Å²) in [5.74, 6) is 3.52. The molecule has 0 aliphatic carbocycles. The SMILES string of the molecule is COc1ncnc(NCCN2CCSCC2)c1N. The predicted octanol–water partition coefficient (Wildman–Crippen LogP) is 0.528. The van der Waals surface area contributed by atoms with E-state index in [-0.39, 0.29) is 0 Å². The first-order valence-electron chi connectivity index (χ1n) is 5.99. The minimum absolute atomic E-state index is 0.418. The molecule has 0 aromatic carbocycles. The molecule has 2 heterocycles. The van der Waals surface area contributed by atoms with E-state index in [0.717, 1.165) is 26.2 Å². The Labute approximate surface area is 111 Å². The fourth-order valence-corrected chi connectivity index (χ4v) is 2.82. The molecule has 2 rings (SSSR count). The predicted molar refractivity (Wildman–Crippen MR) is 75.3 cm³/mol. The fraction of sp³-hybridized carbons (Fsp3) is 0.636. The van der Waals surface area contributed by atoms with Gasteiger partial charge in [-0.15, -0.1) is 0 Å². The first-order valence-corrected chi connectivity index (χ1v) is 7.15. The third-order valence-corrected chi connectivity index (χ3v) is 3.81. The fourth-order valence-electron chi connectivity index (χ4n) is 1.84. The quantitative estimate of drug-likeness (QED) is 0.807. The third kappa shape index (κ3) is 3.39. The molecule has 0 radical (unpaired) electrons. The average Bonchev–Trinajstić information content (AvgIpc) is 2.42. The van der Waals surface area contributed by atoms with Crippen molar-refractivity contribution in [3.63, 3.8) is 0 Å². The van der Waals surface area contributed by atoms with Crippen LogP contribution in [0.25, 0.3) is 0 Å². The van der Waals surface area contributed by atoms with Gasteiger partial charge in [-0.25, -0.2) is 4.98 Å². The summed E-state index contributed by atoms with van der Waals surface area (Å²) in [6, 6.07) is 0. The van der Waals surface area contributed by atoms with Crippen molar-refractivity contribution in [2.75, 3.05) is 55.8 Å². The molecule has 1 saturated heterocycles. The van der Waals surface area contributed by atoms with E-state index in [9.17, 15) is 0 Å². The smallest absolute Gasteiger partial charge is 0.242 e. The number of rotatable bonds is 5. The van der Waals surface area contributed by atoms with Crippen molar-refractivity contribution in [2.45, 2.75) is 0 Å². The number of nitrogen functional groups attached to an aromatic ring is 1. The molecule has 3 N–H and O–H groups in total. The maximum atomic E-state index is 5.88. The number of ether oxygens (including phenoxy) is 1. The van der Waals surface area contributed by atoms with E-state index < -0.39 is 0 Å². The van der Waals surface area contributed by atoms with Crippen LogP contribution in [-0.2, 0) is 0 Å². The molecule has 6 nitrogen and oxygen atoms in total. The average molecular weight is 269 g/mol. The number of anilines is 2. The van der Waals surface area contributed by atoms with E-state index in [0.29, 0.717) is 17.4 Å². The Kier molecular flexibility index (Phi) is 4.89. The zero-order valence-corrected chi connectivity index (χ0v) is 11.4. The molecule has 1 aromatic heterocycles. The Morgan fingerprint density at radius 3 is 2.94 bits per heavy atom. The van der Waals surface area contributed by atoms with Gasteiger partial charge in [0.2, 0.25) is 5.88 Å². The Morgan fingerprint density at radius 2 is 2.22 bits per heavy atom. The lowest BCUT2D eigenvalue weighted by Gasteiger charge is -2.26. The van der Waals surface area contributed by atoms with Crippen LogP contribution >= 0.6 is 11.8 Å². The largest absolute Gasteiger partial charge is 0.479 e. The molecule has 0 atom stereocenters. The number of aromatic nitrogens is 2. The van der Waals surface area contributed by atoms with Crippen LogP contribution in [0.4, 0.5) is 11.5 Å². The van der Waals surface area contributed by atoms with Gasteiger partial charge in [-0.05, 0) is 0 Å². The van der Waals surface area contributed by atoms with Gasteiger partial charge in [-0.1, -0.05) is 0 Å². The Bertz CT molecular complexity index is 384. The Morgan fingerprint density at radius 1 is 1.44 bits per heavy atom. The summed E-state index contributed by atoms with van der Waals surface area (Å²) in [5.41, 5.74) is 6.35. The normalized spacial score (nSPS) is 16.5. The van der Waals surface area contributed by atoms with Gasteiger partial charge in [0.25, 0.3) is 0 Å². The number of nitrogens with one attached hydrogen (secondary N) is 1. The van der Waals surface area contributed by atoms with Crippen molar-refractivity contribution in [3.8, 4) is 5.88 Å². The van der Waals surface area contributed by atoms with Crippen LogP contribution in [0.5, 0.6) is 5.88 Å². The third-order valence-electron chi connectivity index (χ3n) is 2.86. The van der Waals surface area contributed by atoms with Crippen molar-refractivity contribution in [2.24, 2.45) is 0 Å². The number of nitrogens with zero attached hydrogens (tertiary/aromatic N) is 3. The van der Waals surface area contributed by atoms with Gasteiger partial charge >= 0.3 is 0 Å². The van der Waals surface area contributed by atoms with E-state index in [1.54, 1.807) is 7.11 Å². The van der Waals surface area contributed by atoms with E-state index in [2.05, 4.69) is 20.2 Å². The van der Waals surface area contributed by atoms with E-state index in [1.165, 1.54) is 17.8 Å². The minimum Gasteiger partial charge on any atom is -0.479 e. The van der Waals surface area contributed by atoms with Gasteiger partial charge in [0.15, 0.2) is 5.82 Å². The second-order valence-corrected chi connectivity index (χ2v) is 5.25. The molecular weight excluding hydrogens is 250 g/mol. The highest BCUT2D eigenvalue weighted by Crippen LogP contribution is 2.23. The lowest BCUT2D eigenvalue weighted by atomic mass is 10.4. The summed E-state index contributed by atoms with van der Waals surface area (Å²) in [5, 5.41) is 3.23. The molecule has 1 aliphatic heterocycles. The molecule has 0 unspecified atom stereocenters. The lowest BCUT2D eigenvalue weighted by Crippen LogP contribution is -2.36. The number of hydrogen-bond acceptors (Lipinski definition) is 7. The standard InChI is InChI=1S/C11H19N5OS/c1-17-11-9(12)10(14-8-15-11)13-2-3-16-4-6-18-7-5-16/h8H,2-7,12H2,1H3,(H,13,14,15). The van der Waals surface area contributed by atoms with Crippen LogP contribution in [0, 0.1) is 0 Å². The second kappa shape index (κ2) is 6.65. The van der Waals surface area contributed by atoms with Crippen LogP contribution in [0.2, 0.25) is 0 Å². The van der Waals surface area contributed by atoms with Crippen LogP contribution < -0.4 is 15.8 Å². The van der Waals surface area contributed by atoms with Crippen LogP contribution in [0.3, 0.4) is 0 Å². The van der Waals surface area contributed by atoms with Gasteiger partial charge in [0.05, 0.1) is 7.11 Å². The zero-order valence-electron chi connectivity index (χ0n) is 10.6. The first kappa shape index (κ1) is 13.2. The van der Waals surface area contributed by atoms with Gasteiger partial charge in [0, 0.05) is 37.7 Å². The summed E-state index contributed by atoms with van der Waals surface area (Å²) >= 11 is 2.02. The van der Waals surface area contributed by atoms with Gasteiger partial charge < -0.3 is 15.8 Å². The van der Waals surface area contributed by atoms with Crippen molar-refractivity contribution >= 4 is 23.3 Å². The maximum Gasteiger partial charge on any atom is 0.242 e. The molecule has 18 heavy (non-hydrogen) atoms. The molecule has 0 saturated carbocycles. The number of nitrogens with two attached hydrogens (primary N) is 1. The molecule has 1 fully saturated rings. The minimum atomic E-state index is 0.418. The monoisotopic (exact) mass is 269 g/mol. The number of methoxy groups -OCH3 is 1. The lowest BCUT2D eigenvalue weighted by molar-refractivity contribution is 0.314. The summed E-state index contributed by atoms with van der Waals surface area (Å²) in [7, 11) is 1.55. The zero-order chi connectivity index (χ0) is 12.8. The van der Waals surface area contributed by atoms with Crippen LogP contribution in [0.15, 0.2) is 6.33 Å². The summed E-state index contributed by atoms with van der Waals surface area (Å²) in [6.07, 6.45) is 1.45. The Balaban J connectivity index is 1.82. The second-order valence-electron chi connectivity index (χ2n) is 4.03. The van der Waals surface area contributed by atoms with E-state index in [1.807, 2.05) is 11.8 Å². The van der Waals surface area contributed by atoms with Crippen LogP contribution in [-0.4, -0.2) is 59.7 Å². The van der Waals surface area contributed by atoms with E-state index >= 15 is 0 Å². The summed E-state index contributed by atoms with van der Waals surface area (Å²) in [6.45, 7) is 4.16. The highest BCUT2D eigenvalue weighted by atomic mass is 32.2. The van der Waals surface area contributed by atoms with Crippen molar-refractivity contribution in [1.29, 1.82) is 0 Å². The van der Waals surface area contributed by atoms with Gasteiger partial charge in [-0.3, -0.25) is 4.90 Å². The first-order chi connectivity index (χ1) is 8.81. The van der Waals surface area contributed by atoms with Crippen molar-refractivity contribution in [3.05, 3.63) is 6.33 Å². The molecule has 7 heteroatoms. The maximum absolute atomic E-state index is 5.88. The molecular formula is C11H19N5OS. The number of thioether (sulfide) groups is 1. The molecule has 1 aliphatic rings. The molecule has 0 bridgehead atoms. The highest BCUT2D eigenvalue weighted by molar-refractivity contribution is 7.99. The van der Waals surface area contributed by atoms with Crippen molar-refractivity contribution in [1.82, 2.24) is 14.9 Å². The van der Waals surface area contributed by atoms with E-state index in [4.69, 9.17) is 10.5 Å². The molecule has 100 valence electrons. The Hall–Kier alpha value is -1.21.